The predicted molar refractivity (Wildman–Crippen MR) is 102 cm³/mol. The molecule has 2 atom stereocenters. The minimum absolute atomic E-state index is 0.176. The molecule has 2 aromatic carbocycles. The van der Waals surface area contributed by atoms with Gasteiger partial charge >= 0.3 is 5.97 Å². The summed E-state index contributed by atoms with van der Waals surface area (Å²) in [6.07, 6.45) is -1.59. The van der Waals surface area contributed by atoms with E-state index in [2.05, 4.69) is 10.2 Å². The van der Waals surface area contributed by atoms with E-state index in [1.165, 1.54) is 0 Å². The number of esters is 1. The summed E-state index contributed by atoms with van der Waals surface area (Å²) in [7, 11) is 1.59. The first-order chi connectivity index (χ1) is 14.0. The smallest absolute Gasteiger partial charge is 0.347 e. The van der Waals surface area contributed by atoms with E-state index >= 15 is 0 Å². The highest BCUT2D eigenvalue weighted by Crippen LogP contribution is 2.24. The molecule has 0 saturated carbocycles. The maximum atomic E-state index is 12.3. The van der Waals surface area contributed by atoms with Crippen LogP contribution < -0.4 is 9.47 Å². The highest BCUT2D eigenvalue weighted by molar-refractivity contribution is 5.74. The number of carbonyl (C=O) groups is 1. The van der Waals surface area contributed by atoms with E-state index in [0.29, 0.717) is 23.0 Å². The molecule has 1 heterocycles. The number of hydrogen-bond donors (Lipinski definition) is 0. The molecule has 0 aliphatic heterocycles. The Morgan fingerprint density at radius 2 is 1.69 bits per heavy atom. The van der Waals surface area contributed by atoms with Gasteiger partial charge in [-0.15, -0.1) is 10.2 Å². The fraction of sp³-hybridized carbons (Fsp3) is 0.238. The van der Waals surface area contributed by atoms with Crippen LogP contribution in [-0.4, -0.2) is 29.4 Å². The minimum Gasteiger partial charge on any atom is -0.497 e. The number of hydrogen-bond acceptors (Lipinski definition) is 8. The molecule has 29 heavy (non-hydrogen) atoms. The molecular weight excluding hydrogens is 374 g/mol. The number of nitriles is 1. The molecule has 8 heteroatoms. The lowest BCUT2D eigenvalue weighted by Crippen LogP contribution is -2.27. The van der Waals surface area contributed by atoms with E-state index in [0.717, 1.165) is 5.56 Å². The third-order valence-electron chi connectivity index (χ3n) is 4.05. The monoisotopic (exact) mass is 393 g/mol. The summed E-state index contributed by atoms with van der Waals surface area (Å²) < 4.78 is 21.7. The third-order valence-corrected chi connectivity index (χ3v) is 4.05. The van der Waals surface area contributed by atoms with E-state index in [1.807, 2.05) is 6.07 Å². The summed E-state index contributed by atoms with van der Waals surface area (Å²) in [6, 6.07) is 15.6. The van der Waals surface area contributed by atoms with Crippen molar-refractivity contribution >= 4 is 5.97 Å². The van der Waals surface area contributed by atoms with Crippen LogP contribution in [0.4, 0.5) is 0 Å². The molecule has 148 valence electrons. The van der Waals surface area contributed by atoms with Gasteiger partial charge in [-0.05, 0) is 62.4 Å². The van der Waals surface area contributed by atoms with Gasteiger partial charge in [-0.25, -0.2) is 4.79 Å². The van der Waals surface area contributed by atoms with Crippen LogP contribution in [0.1, 0.15) is 31.4 Å². The van der Waals surface area contributed by atoms with E-state index in [4.69, 9.17) is 23.9 Å². The molecule has 0 aliphatic carbocycles. The van der Waals surface area contributed by atoms with E-state index in [1.54, 1.807) is 69.5 Å². The molecule has 0 spiro atoms. The van der Waals surface area contributed by atoms with Crippen LogP contribution >= 0.6 is 0 Å². The van der Waals surface area contributed by atoms with Crippen LogP contribution in [0, 0.1) is 11.3 Å². The first-order valence-corrected chi connectivity index (χ1v) is 8.85. The first-order valence-electron chi connectivity index (χ1n) is 8.85. The number of rotatable bonds is 7. The Kier molecular flexibility index (Phi) is 6.09. The van der Waals surface area contributed by atoms with Gasteiger partial charge in [-0.3, -0.25) is 0 Å². The average Bonchev–Trinajstić information content (AvgIpc) is 3.24. The molecule has 0 N–H and O–H groups in total. The molecule has 0 saturated heterocycles. The zero-order valence-corrected chi connectivity index (χ0v) is 16.2. The standard InChI is InChI=1S/C21H19N3O5/c1-13(19-23-24-20(29-19)16-6-10-17(26-3)11-7-16)28-21(25)14(2)27-18-8-4-15(12-22)5-9-18/h4-11,13-14H,1-3H3/t13-,14+/m0/s1. The van der Waals surface area contributed by atoms with Crippen LogP contribution in [-0.2, 0) is 9.53 Å². The van der Waals surface area contributed by atoms with Crippen molar-refractivity contribution in [3.63, 3.8) is 0 Å². The lowest BCUT2D eigenvalue weighted by Gasteiger charge is -2.16. The summed E-state index contributed by atoms with van der Waals surface area (Å²) in [5.74, 6) is 1.08. The lowest BCUT2D eigenvalue weighted by atomic mass is 10.2. The van der Waals surface area contributed by atoms with Gasteiger partial charge in [-0.1, -0.05) is 0 Å². The van der Waals surface area contributed by atoms with E-state index < -0.39 is 18.2 Å². The van der Waals surface area contributed by atoms with Gasteiger partial charge < -0.3 is 18.6 Å². The minimum atomic E-state index is -0.852. The van der Waals surface area contributed by atoms with E-state index in [9.17, 15) is 4.79 Å². The second-order valence-corrected chi connectivity index (χ2v) is 6.15. The fourth-order valence-electron chi connectivity index (χ4n) is 2.43. The van der Waals surface area contributed by atoms with Crippen LogP contribution in [0.2, 0.25) is 0 Å². The van der Waals surface area contributed by atoms with Crippen molar-refractivity contribution in [3.8, 4) is 29.0 Å². The van der Waals surface area contributed by atoms with Crippen molar-refractivity contribution in [2.24, 2.45) is 0 Å². The highest BCUT2D eigenvalue weighted by Gasteiger charge is 2.23. The molecule has 0 radical (unpaired) electrons. The van der Waals surface area contributed by atoms with Gasteiger partial charge in [-0.2, -0.15) is 5.26 Å². The zero-order chi connectivity index (χ0) is 20.8. The number of ether oxygens (including phenoxy) is 3. The maximum absolute atomic E-state index is 12.3. The van der Waals surface area contributed by atoms with Crippen LogP contribution in [0.5, 0.6) is 11.5 Å². The molecule has 0 unspecified atom stereocenters. The largest absolute Gasteiger partial charge is 0.497 e. The highest BCUT2D eigenvalue weighted by atomic mass is 16.6. The number of benzene rings is 2. The first kappa shape index (κ1) is 19.9. The number of nitrogens with zero attached hydrogens (tertiary/aromatic N) is 3. The summed E-state index contributed by atoms with van der Waals surface area (Å²) in [4.78, 5) is 12.3. The summed E-state index contributed by atoms with van der Waals surface area (Å²) in [6.45, 7) is 3.21. The SMILES string of the molecule is COc1ccc(-c2nnc([C@H](C)OC(=O)[C@@H](C)Oc3ccc(C#N)cc3)o2)cc1. The predicted octanol–water partition coefficient (Wildman–Crippen LogP) is 3.69. The topological polar surface area (TPSA) is 107 Å². The Hall–Kier alpha value is -3.86. The normalized spacial score (nSPS) is 12.5. The Morgan fingerprint density at radius 1 is 1.03 bits per heavy atom. The van der Waals surface area contributed by atoms with Crippen molar-refractivity contribution < 1.29 is 23.4 Å². The second kappa shape index (κ2) is 8.89. The second-order valence-electron chi connectivity index (χ2n) is 6.15. The Bertz CT molecular complexity index is 1010. The number of methoxy groups -OCH3 is 1. The van der Waals surface area contributed by atoms with Gasteiger partial charge in [0, 0.05) is 5.56 Å². The third kappa shape index (κ3) is 4.90. The van der Waals surface area contributed by atoms with Crippen LogP contribution in [0.25, 0.3) is 11.5 Å². The molecule has 0 bridgehead atoms. The van der Waals surface area contributed by atoms with Gasteiger partial charge in [0.05, 0.1) is 18.7 Å². The lowest BCUT2D eigenvalue weighted by molar-refractivity contribution is -0.157. The van der Waals surface area contributed by atoms with Crippen molar-refractivity contribution in [1.29, 1.82) is 5.26 Å². The molecule has 0 aliphatic rings. The van der Waals surface area contributed by atoms with Crippen molar-refractivity contribution in [2.75, 3.05) is 7.11 Å². The maximum Gasteiger partial charge on any atom is 0.347 e. The summed E-state index contributed by atoms with van der Waals surface area (Å²) in [5, 5.41) is 16.8. The molecular formula is C21H19N3O5. The van der Waals surface area contributed by atoms with Crippen molar-refractivity contribution in [1.82, 2.24) is 10.2 Å². The van der Waals surface area contributed by atoms with E-state index in [-0.39, 0.29) is 5.89 Å². The molecule has 0 fully saturated rings. The van der Waals surface area contributed by atoms with Gasteiger partial charge in [0.2, 0.25) is 5.89 Å². The van der Waals surface area contributed by atoms with Gasteiger partial charge in [0.1, 0.15) is 11.5 Å². The van der Waals surface area contributed by atoms with Gasteiger partial charge in [0.15, 0.2) is 12.2 Å². The summed E-state index contributed by atoms with van der Waals surface area (Å²) in [5.41, 5.74) is 1.23. The fourth-order valence-corrected chi connectivity index (χ4v) is 2.43. The number of carbonyl (C=O) groups excluding carboxylic acids is 1. The Labute approximate surface area is 167 Å². The van der Waals surface area contributed by atoms with Gasteiger partial charge in [0.25, 0.3) is 5.89 Å². The molecule has 1 aromatic heterocycles. The van der Waals surface area contributed by atoms with Crippen LogP contribution in [0.3, 0.4) is 0 Å². The van der Waals surface area contributed by atoms with Crippen molar-refractivity contribution in [3.05, 3.63) is 60.0 Å². The van der Waals surface area contributed by atoms with Crippen molar-refractivity contribution in [2.45, 2.75) is 26.1 Å². The Balaban J connectivity index is 1.60. The number of aromatic nitrogens is 2. The molecule has 8 nitrogen and oxygen atoms in total. The molecule has 3 rings (SSSR count). The quantitative estimate of drug-likeness (QED) is 0.559. The van der Waals surface area contributed by atoms with Crippen LogP contribution in [0.15, 0.2) is 52.9 Å². The zero-order valence-electron chi connectivity index (χ0n) is 16.2. The molecule has 3 aromatic rings. The average molecular weight is 393 g/mol. The summed E-state index contributed by atoms with van der Waals surface area (Å²) >= 11 is 0. The molecule has 0 amide bonds. The Morgan fingerprint density at radius 3 is 2.31 bits per heavy atom.